The minimum absolute atomic E-state index is 0.546. The number of halogens is 1. The van der Waals surface area contributed by atoms with E-state index in [0.29, 0.717) is 16.7 Å². The Morgan fingerprint density at radius 2 is 2.05 bits per heavy atom. The summed E-state index contributed by atoms with van der Waals surface area (Å²) in [5.74, 6) is 0. The Labute approximate surface area is 129 Å². The summed E-state index contributed by atoms with van der Waals surface area (Å²) in [6, 6.07) is 8.06. The molecule has 0 saturated carbocycles. The molecule has 2 rings (SSSR count). The average Bonchev–Trinajstić information content (AvgIpc) is 2.79. The van der Waals surface area contributed by atoms with Crippen molar-refractivity contribution in [2.75, 3.05) is 5.32 Å². The van der Waals surface area contributed by atoms with Crippen LogP contribution in [0.1, 0.15) is 18.2 Å². The first-order valence-electron chi connectivity index (χ1n) is 6.42. The van der Waals surface area contributed by atoms with E-state index in [1.165, 1.54) is 5.56 Å². The van der Waals surface area contributed by atoms with Gasteiger partial charge in [0.1, 0.15) is 0 Å². The van der Waals surface area contributed by atoms with Gasteiger partial charge in [-0.25, -0.2) is 0 Å². The Kier molecular flexibility index (Phi) is 4.98. The third-order valence-electron chi connectivity index (χ3n) is 2.92. The lowest BCUT2D eigenvalue weighted by Crippen LogP contribution is -2.29. The third kappa shape index (κ3) is 3.71. The van der Waals surface area contributed by atoms with Crippen LogP contribution in [0.2, 0.25) is 5.02 Å². The highest BCUT2D eigenvalue weighted by Crippen LogP contribution is 2.15. The zero-order valence-electron chi connectivity index (χ0n) is 11.5. The van der Waals surface area contributed by atoms with Crippen molar-refractivity contribution >= 4 is 34.6 Å². The molecule has 0 saturated heterocycles. The van der Waals surface area contributed by atoms with Gasteiger partial charge in [0.25, 0.3) is 0 Å². The minimum Gasteiger partial charge on any atom is -0.357 e. The molecule has 2 aromatic rings. The van der Waals surface area contributed by atoms with Gasteiger partial charge < -0.3 is 10.6 Å². The van der Waals surface area contributed by atoms with E-state index in [1.807, 2.05) is 42.8 Å². The van der Waals surface area contributed by atoms with E-state index >= 15 is 0 Å². The highest BCUT2D eigenvalue weighted by atomic mass is 35.5. The van der Waals surface area contributed by atoms with Gasteiger partial charge in [0.15, 0.2) is 5.11 Å². The first-order valence-corrected chi connectivity index (χ1v) is 7.20. The molecule has 0 fully saturated rings. The molecule has 20 heavy (non-hydrogen) atoms. The van der Waals surface area contributed by atoms with Gasteiger partial charge in [0.05, 0.1) is 23.5 Å². The van der Waals surface area contributed by atoms with E-state index in [2.05, 4.69) is 15.7 Å². The van der Waals surface area contributed by atoms with Crippen LogP contribution < -0.4 is 10.6 Å². The molecule has 0 bridgehead atoms. The number of aromatic nitrogens is 2. The molecule has 1 aromatic carbocycles. The number of anilines is 1. The predicted molar refractivity (Wildman–Crippen MR) is 87.2 cm³/mol. The predicted octanol–water partition coefficient (Wildman–Crippen LogP) is 3.35. The maximum Gasteiger partial charge on any atom is 0.171 e. The van der Waals surface area contributed by atoms with E-state index in [0.717, 1.165) is 17.9 Å². The molecule has 4 nitrogen and oxygen atoms in total. The summed E-state index contributed by atoms with van der Waals surface area (Å²) in [4.78, 5) is 0. The number of aryl methyl sites for hydroxylation is 2. The van der Waals surface area contributed by atoms with Crippen LogP contribution in [0.15, 0.2) is 30.5 Å². The second-order valence-corrected chi connectivity index (χ2v) is 5.24. The van der Waals surface area contributed by atoms with Crippen molar-refractivity contribution in [3.63, 3.8) is 0 Å². The van der Waals surface area contributed by atoms with E-state index in [9.17, 15) is 0 Å². The minimum atomic E-state index is 0.546. The monoisotopic (exact) mass is 308 g/mol. The summed E-state index contributed by atoms with van der Waals surface area (Å²) in [5.41, 5.74) is 3.11. The van der Waals surface area contributed by atoms with E-state index < -0.39 is 0 Å². The molecular weight excluding hydrogens is 292 g/mol. The Bertz CT molecular complexity index is 592. The summed E-state index contributed by atoms with van der Waals surface area (Å²) in [6.07, 6.45) is 1.65. The van der Waals surface area contributed by atoms with E-state index in [1.54, 1.807) is 6.20 Å². The summed E-state index contributed by atoms with van der Waals surface area (Å²) in [7, 11) is 0. The topological polar surface area (TPSA) is 41.9 Å². The summed E-state index contributed by atoms with van der Waals surface area (Å²) in [5, 5.41) is 11.7. The standard InChI is InChI=1S/C14H17ClN4S/c1-3-19-13(12(15)8-17-19)9-16-14(20)18-11-6-4-10(2)5-7-11/h4-8H,3,9H2,1-2H3,(H2,16,18,20). The van der Waals surface area contributed by atoms with Gasteiger partial charge in [0.2, 0.25) is 0 Å². The molecule has 0 aliphatic carbocycles. The third-order valence-corrected chi connectivity index (χ3v) is 3.49. The maximum absolute atomic E-state index is 6.10. The maximum atomic E-state index is 6.10. The van der Waals surface area contributed by atoms with Crippen LogP contribution in [0.5, 0.6) is 0 Å². The zero-order valence-corrected chi connectivity index (χ0v) is 13.1. The first kappa shape index (κ1) is 14.8. The normalized spacial score (nSPS) is 10.3. The van der Waals surface area contributed by atoms with Gasteiger partial charge in [-0.2, -0.15) is 5.10 Å². The van der Waals surface area contributed by atoms with Crippen molar-refractivity contribution < 1.29 is 0 Å². The van der Waals surface area contributed by atoms with Gasteiger partial charge in [-0.05, 0) is 38.2 Å². The number of hydrogen-bond donors (Lipinski definition) is 2. The molecule has 0 aliphatic heterocycles. The van der Waals surface area contributed by atoms with E-state index in [4.69, 9.17) is 23.8 Å². The number of thiocarbonyl (C=S) groups is 1. The second kappa shape index (κ2) is 6.72. The van der Waals surface area contributed by atoms with Crippen LogP contribution in [0, 0.1) is 6.92 Å². The highest BCUT2D eigenvalue weighted by molar-refractivity contribution is 7.80. The lowest BCUT2D eigenvalue weighted by Gasteiger charge is -2.12. The first-order chi connectivity index (χ1) is 9.60. The molecule has 0 aliphatic rings. The molecule has 0 amide bonds. The SMILES string of the molecule is CCn1ncc(Cl)c1CNC(=S)Nc1ccc(C)cc1. The quantitative estimate of drug-likeness (QED) is 0.850. The van der Waals surface area contributed by atoms with Crippen molar-refractivity contribution in [3.8, 4) is 0 Å². The summed E-state index contributed by atoms with van der Waals surface area (Å²) < 4.78 is 1.85. The molecule has 106 valence electrons. The largest absolute Gasteiger partial charge is 0.357 e. The Balaban J connectivity index is 1.92. The van der Waals surface area contributed by atoms with Crippen LogP contribution in [0.3, 0.4) is 0 Å². The van der Waals surface area contributed by atoms with Gasteiger partial charge in [0, 0.05) is 12.2 Å². The van der Waals surface area contributed by atoms with Crippen LogP contribution in [0.4, 0.5) is 5.69 Å². The lowest BCUT2D eigenvalue weighted by molar-refractivity contribution is 0.614. The fraction of sp³-hybridized carbons (Fsp3) is 0.286. The molecule has 1 aromatic heterocycles. The summed E-state index contributed by atoms with van der Waals surface area (Å²) >= 11 is 11.4. The summed E-state index contributed by atoms with van der Waals surface area (Å²) in [6.45, 7) is 5.40. The number of hydrogen-bond acceptors (Lipinski definition) is 2. The molecule has 0 unspecified atom stereocenters. The van der Waals surface area contributed by atoms with Gasteiger partial charge in [-0.3, -0.25) is 4.68 Å². The molecule has 2 N–H and O–H groups in total. The van der Waals surface area contributed by atoms with Crippen LogP contribution in [-0.4, -0.2) is 14.9 Å². The Morgan fingerprint density at radius 3 is 2.70 bits per heavy atom. The van der Waals surface area contributed by atoms with Gasteiger partial charge >= 0.3 is 0 Å². The molecule has 0 atom stereocenters. The van der Waals surface area contributed by atoms with Crippen molar-refractivity contribution in [2.45, 2.75) is 26.9 Å². The van der Waals surface area contributed by atoms with Crippen molar-refractivity contribution in [3.05, 3.63) is 46.7 Å². The fourth-order valence-electron chi connectivity index (χ4n) is 1.81. The lowest BCUT2D eigenvalue weighted by atomic mass is 10.2. The van der Waals surface area contributed by atoms with Gasteiger partial charge in [-0.1, -0.05) is 29.3 Å². The Hall–Kier alpha value is -1.59. The number of benzene rings is 1. The Morgan fingerprint density at radius 1 is 1.35 bits per heavy atom. The van der Waals surface area contributed by atoms with Crippen LogP contribution in [-0.2, 0) is 13.1 Å². The van der Waals surface area contributed by atoms with Crippen molar-refractivity contribution in [2.24, 2.45) is 0 Å². The number of nitrogens with zero attached hydrogens (tertiary/aromatic N) is 2. The smallest absolute Gasteiger partial charge is 0.171 e. The zero-order chi connectivity index (χ0) is 14.5. The van der Waals surface area contributed by atoms with Crippen LogP contribution >= 0.6 is 23.8 Å². The molecular formula is C14H17ClN4S. The van der Waals surface area contributed by atoms with Crippen LogP contribution in [0.25, 0.3) is 0 Å². The second-order valence-electron chi connectivity index (χ2n) is 4.43. The fourth-order valence-corrected chi connectivity index (χ4v) is 2.21. The molecule has 6 heteroatoms. The molecule has 0 radical (unpaired) electrons. The number of rotatable bonds is 4. The average molecular weight is 309 g/mol. The highest BCUT2D eigenvalue weighted by Gasteiger charge is 2.08. The van der Waals surface area contributed by atoms with Crippen molar-refractivity contribution in [1.82, 2.24) is 15.1 Å². The van der Waals surface area contributed by atoms with Gasteiger partial charge in [-0.15, -0.1) is 0 Å². The molecule has 1 heterocycles. The van der Waals surface area contributed by atoms with E-state index in [-0.39, 0.29) is 0 Å². The van der Waals surface area contributed by atoms with Crippen molar-refractivity contribution in [1.29, 1.82) is 0 Å². The molecule has 0 spiro atoms. The number of nitrogens with one attached hydrogen (secondary N) is 2.